The highest BCUT2D eigenvalue weighted by atomic mass is 16.4. The van der Waals surface area contributed by atoms with E-state index in [1.807, 2.05) is 42.5 Å². The topological polar surface area (TPSA) is 76.3 Å². The molecule has 20 heavy (non-hydrogen) atoms. The number of hydrogen-bond donors (Lipinski definition) is 1. The summed E-state index contributed by atoms with van der Waals surface area (Å²) in [6, 6.07) is 17.0. The summed E-state index contributed by atoms with van der Waals surface area (Å²) in [5.41, 5.74) is 9.16. The van der Waals surface area contributed by atoms with Crippen LogP contribution in [0.1, 0.15) is 0 Å². The van der Waals surface area contributed by atoms with Crippen LogP contribution in [0, 0.1) is 5.53 Å². The van der Waals surface area contributed by atoms with Gasteiger partial charge in [0.15, 0.2) is 16.6 Å². The average Bonchev–Trinajstić information content (AvgIpc) is 2.99. The molecule has 0 fully saturated rings. The predicted octanol–water partition coefficient (Wildman–Crippen LogP) is 4.19. The van der Waals surface area contributed by atoms with Crippen LogP contribution in [0.4, 0.5) is 5.69 Å². The van der Waals surface area contributed by atoms with E-state index in [2.05, 4.69) is 15.0 Å². The normalized spacial score (nSPS) is 10.0. The van der Waals surface area contributed by atoms with Crippen molar-refractivity contribution in [1.82, 2.24) is 9.90 Å². The van der Waals surface area contributed by atoms with Gasteiger partial charge in [-0.15, -0.1) is 0 Å². The quantitative estimate of drug-likeness (QED) is 0.568. The summed E-state index contributed by atoms with van der Waals surface area (Å²) in [4.78, 5) is 7.27. The van der Waals surface area contributed by atoms with Crippen molar-refractivity contribution in [2.75, 3.05) is 0 Å². The Hall–Kier alpha value is -3.04. The Morgan fingerprint density at radius 2 is 1.70 bits per heavy atom. The molecule has 2 aromatic carbocycles. The van der Waals surface area contributed by atoms with E-state index in [0.29, 0.717) is 11.6 Å². The van der Waals surface area contributed by atoms with Crippen molar-refractivity contribution in [3.63, 3.8) is 0 Å². The van der Waals surface area contributed by atoms with E-state index < -0.39 is 0 Å². The number of nitrogens with zero attached hydrogens (tertiary/aromatic N) is 3. The van der Waals surface area contributed by atoms with Crippen molar-refractivity contribution in [2.24, 2.45) is 5.11 Å². The third-order valence-corrected chi connectivity index (χ3v) is 2.84. The fourth-order valence-corrected chi connectivity index (χ4v) is 1.87. The minimum absolute atomic E-state index is 0.554. The third-order valence-electron chi connectivity index (χ3n) is 2.84. The molecule has 1 heterocycles. The summed E-state index contributed by atoms with van der Waals surface area (Å²) >= 11 is 0. The molecular weight excluding hydrogens is 252 g/mol. The summed E-state index contributed by atoms with van der Waals surface area (Å²) < 4.78 is 5.75. The van der Waals surface area contributed by atoms with E-state index in [4.69, 9.17) is 9.95 Å². The Kier molecular flexibility index (Phi) is 3.18. The molecule has 3 rings (SSSR count). The smallest absolute Gasteiger partial charge is 0.226 e. The van der Waals surface area contributed by atoms with Crippen LogP contribution in [0.2, 0.25) is 0 Å². The molecule has 0 aliphatic rings. The van der Waals surface area contributed by atoms with Gasteiger partial charge in [0, 0.05) is 11.1 Å². The molecule has 0 saturated carbocycles. The number of rotatable bonds is 3. The minimum Gasteiger partial charge on any atom is -0.436 e. The van der Waals surface area contributed by atoms with Crippen LogP contribution in [-0.2, 0) is 0 Å². The maximum atomic E-state index is 6.68. The van der Waals surface area contributed by atoms with Crippen LogP contribution >= 0.6 is 0 Å². The highest BCUT2D eigenvalue weighted by molar-refractivity contribution is 5.62. The number of aromatic nitrogens is 1. The molecule has 0 atom stereocenters. The van der Waals surface area contributed by atoms with Gasteiger partial charge in [0.05, 0.1) is 6.20 Å². The average molecular weight is 263 g/mol. The van der Waals surface area contributed by atoms with Crippen LogP contribution in [0.5, 0.6) is 0 Å². The van der Waals surface area contributed by atoms with Crippen LogP contribution in [0.15, 0.2) is 70.3 Å². The monoisotopic (exact) mass is 263 g/mol. The molecule has 1 aromatic heterocycles. The molecule has 0 spiro atoms. The van der Waals surface area contributed by atoms with Crippen molar-refractivity contribution in [1.29, 1.82) is 5.53 Å². The Bertz CT molecular complexity index is 756. The molecule has 0 bridgehead atoms. The van der Waals surface area contributed by atoms with Gasteiger partial charge in [-0.05, 0) is 24.3 Å². The predicted molar refractivity (Wildman–Crippen MR) is 74.3 cm³/mol. The Labute approximate surface area is 115 Å². The Balaban J connectivity index is 1.92. The largest absolute Gasteiger partial charge is 0.436 e. The maximum Gasteiger partial charge on any atom is 0.226 e. The van der Waals surface area contributed by atoms with Crippen molar-refractivity contribution < 1.29 is 4.42 Å². The van der Waals surface area contributed by atoms with Crippen LogP contribution in [-0.4, -0.2) is 4.98 Å². The van der Waals surface area contributed by atoms with Crippen LogP contribution < -0.4 is 4.91 Å². The first-order valence-electron chi connectivity index (χ1n) is 6.06. The second-order valence-electron chi connectivity index (χ2n) is 4.14. The zero-order chi connectivity index (χ0) is 13.8. The van der Waals surface area contributed by atoms with Gasteiger partial charge in [0.2, 0.25) is 10.8 Å². The lowest BCUT2D eigenvalue weighted by Gasteiger charge is -1.96. The summed E-state index contributed by atoms with van der Waals surface area (Å²) in [6.45, 7) is 0. The lowest BCUT2D eigenvalue weighted by molar-refractivity contribution is 0.589. The first-order valence-corrected chi connectivity index (χ1v) is 6.06. The van der Waals surface area contributed by atoms with Gasteiger partial charge in [-0.3, -0.25) is 0 Å². The highest BCUT2D eigenvalue weighted by Gasteiger charge is 2.08. The van der Waals surface area contributed by atoms with Gasteiger partial charge in [0.25, 0.3) is 0 Å². The van der Waals surface area contributed by atoms with Crippen molar-refractivity contribution in [3.05, 3.63) is 60.8 Å². The first kappa shape index (κ1) is 12.0. The fraction of sp³-hybridized carbons (Fsp3) is 0. The number of oxazole rings is 1. The van der Waals surface area contributed by atoms with Gasteiger partial charge in [-0.2, -0.15) is 0 Å². The van der Waals surface area contributed by atoms with Crippen LogP contribution in [0.25, 0.3) is 22.8 Å². The molecule has 5 nitrogen and oxygen atoms in total. The highest BCUT2D eigenvalue weighted by Crippen LogP contribution is 2.26. The zero-order valence-corrected chi connectivity index (χ0v) is 10.5. The Morgan fingerprint density at radius 1 is 0.950 bits per heavy atom. The third kappa shape index (κ3) is 2.39. The van der Waals surface area contributed by atoms with Gasteiger partial charge >= 0.3 is 0 Å². The SMILES string of the molecule is N=[N+]=Nc1ccc(-c2ncc(-c3ccccc3)o2)cc1. The standard InChI is InChI=1S/C15H11N4O/c16-19-18-13-8-6-12(7-9-13)15-17-10-14(20-15)11-4-2-1-3-5-11/h1-10,16H/q+1. The molecule has 1 N–H and O–H groups in total. The molecule has 0 aliphatic carbocycles. The van der Waals surface area contributed by atoms with Crippen molar-refractivity contribution in [2.45, 2.75) is 0 Å². The van der Waals surface area contributed by atoms with E-state index in [9.17, 15) is 0 Å². The molecular formula is C15H11N4O+. The Morgan fingerprint density at radius 3 is 2.40 bits per heavy atom. The zero-order valence-electron chi connectivity index (χ0n) is 10.5. The molecule has 5 heteroatoms. The van der Waals surface area contributed by atoms with E-state index in [0.717, 1.165) is 16.9 Å². The van der Waals surface area contributed by atoms with Gasteiger partial charge < -0.3 is 4.42 Å². The second kappa shape index (κ2) is 5.30. The molecule has 0 aliphatic heterocycles. The van der Waals surface area contributed by atoms with E-state index >= 15 is 0 Å². The van der Waals surface area contributed by atoms with Crippen molar-refractivity contribution in [3.8, 4) is 22.8 Å². The van der Waals surface area contributed by atoms with Crippen LogP contribution in [0.3, 0.4) is 0 Å². The number of hydrogen-bond acceptors (Lipinski definition) is 4. The molecule has 0 amide bonds. The molecule has 0 radical (unpaired) electrons. The lowest BCUT2D eigenvalue weighted by atomic mass is 10.2. The summed E-state index contributed by atoms with van der Waals surface area (Å²) in [5, 5.41) is 3.63. The number of nitrogens with one attached hydrogen (secondary N) is 1. The molecule has 0 saturated heterocycles. The van der Waals surface area contributed by atoms with Gasteiger partial charge in [-0.25, -0.2) is 4.98 Å². The summed E-state index contributed by atoms with van der Waals surface area (Å²) in [5.74, 6) is 1.29. The molecule has 96 valence electrons. The van der Waals surface area contributed by atoms with E-state index in [1.54, 1.807) is 18.3 Å². The summed E-state index contributed by atoms with van der Waals surface area (Å²) in [7, 11) is 0. The lowest BCUT2D eigenvalue weighted by Crippen LogP contribution is -1.75. The maximum absolute atomic E-state index is 6.68. The van der Waals surface area contributed by atoms with E-state index in [-0.39, 0.29) is 0 Å². The summed E-state index contributed by atoms with van der Waals surface area (Å²) in [6.07, 6.45) is 1.71. The molecule has 0 unspecified atom stereocenters. The van der Waals surface area contributed by atoms with Gasteiger partial charge in [-0.1, -0.05) is 30.3 Å². The van der Waals surface area contributed by atoms with Gasteiger partial charge in [0.1, 0.15) is 5.53 Å². The first-order chi connectivity index (χ1) is 9.86. The molecule has 3 aromatic rings. The second-order valence-corrected chi connectivity index (χ2v) is 4.14. The number of benzene rings is 2. The fourth-order valence-electron chi connectivity index (χ4n) is 1.87. The van der Waals surface area contributed by atoms with Crippen molar-refractivity contribution >= 4 is 5.69 Å². The van der Waals surface area contributed by atoms with E-state index in [1.165, 1.54) is 0 Å². The minimum atomic E-state index is 0.554.